The predicted octanol–water partition coefficient (Wildman–Crippen LogP) is 4.88. The molecule has 1 N–H and O–H groups in total. The van der Waals surface area contributed by atoms with E-state index in [2.05, 4.69) is 56.8 Å². The van der Waals surface area contributed by atoms with Crippen LogP contribution in [0.25, 0.3) is 5.57 Å². The smallest absolute Gasteiger partial charge is 0.227 e. The van der Waals surface area contributed by atoms with Crippen LogP contribution >= 0.6 is 0 Å². The molecule has 2 aromatic heterocycles. The van der Waals surface area contributed by atoms with E-state index in [1.807, 2.05) is 13.2 Å². The zero-order valence-corrected chi connectivity index (χ0v) is 20.7. The summed E-state index contributed by atoms with van der Waals surface area (Å²) in [5.74, 6) is 2.05. The van der Waals surface area contributed by atoms with Crippen LogP contribution in [0.2, 0.25) is 0 Å². The molecule has 1 fully saturated rings. The van der Waals surface area contributed by atoms with E-state index in [1.54, 1.807) is 11.0 Å². The number of halogens is 1. The molecule has 0 saturated heterocycles. The number of H-pyrrole nitrogens is 1. The van der Waals surface area contributed by atoms with Crippen LogP contribution < -0.4 is 4.90 Å². The molecule has 0 spiro atoms. The molecule has 3 aliphatic carbocycles. The van der Waals surface area contributed by atoms with Gasteiger partial charge in [0.25, 0.3) is 0 Å². The molecule has 1 unspecified atom stereocenters. The minimum absolute atomic E-state index is 0.0401. The Labute approximate surface area is 210 Å². The fourth-order valence-corrected chi connectivity index (χ4v) is 7.17. The first-order valence-corrected chi connectivity index (χ1v) is 12.9. The summed E-state index contributed by atoms with van der Waals surface area (Å²) in [4.78, 5) is 18.6. The van der Waals surface area contributed by atoms with Gasteiger partial charge in [-0.2, -0.15) is 5.21 Å². The van der Waals surface area contributed by atoms with Crippen molar-refractivity contribution in [2.75, 3.05) is 11.9 Å². The molecule has 3 aliphatic rings. The third kappa shape index (κ3) is 3.83. The van der Waals surface area contributed by atoms with Crippen molar-refractivity contribution in [3.05, 3.63) is 71.1 Å². The summed E-state index contributed by atoms with van der Waals surface area (Å²) in [6, 6.07) is 8.20. The average molecular weight is 487 g/mol. The van der Waals surface area contributed by atoms with Gasteiger partial charge in [0.1, 0.15) is 5.82 Å². The minimum Gasteiger partial charge on any atom is -0.315 e. The van der Waals surface area contributed by atoms with Crippen LogP contribution in [0.5, 0.6) is 0 Å². The third-order valence-corrected chi connectivity index (χ3v) is 9.02. The van der Waals surface area contributed by atoms with E-state index >= 15 is 0 Å². The molecule has 6 rings (SSSR count). The Morgan fingerprint density at radius 3 is 2.94 bits per heavy atom. The van der Waals surface area contributed by atoms with E-state index in [4.69, 9.17) is 0 Å². The number of carbonyl (C=O) groups excluding carboxylic acids is 1. The maximum absolute atomic E-state index is 13.9. The molecule has 1 saturated carbocycles. The fourth-order valence-electron chi connectivity index (χ4n) is 7.17. The van der Waals surface area contributed by atoms with Crippen LogP contribution in [0.1, 0.15) is 67.5 Å². The van der Waals surface area contributed by atoms with Gasteiger partial charge in [-0.15, -0.1) is 10.2 Å². The van der Waals surface area contributed by atoms with Gasteiger partial charge in [0.2, 0.25) is 5.91 Å². The number of amides is 1. The molecule has 186 valence electrons. The maximum Gasteiger partial charge on any atom is 0.227 e. The second-order valence-corrected chi connectivity index (χ2v) is 10.8. The number of pyridine rings is 1. The van der Waals surface area contributed by atoms with Gasteiger partial charge in [0, 0.05) is 31.8 Å². The lowest BCUT2D eigenvalue weighted by atomic mass is 9.54. The van der Waals surface area contributed by atoms with Crippen LogP contribution in [-0.2, 0) is 17.6 Å². The number of aromatic amines is 1. The topological polar surface area (TPSA) is 87.7 Å². The van der Waals surface area contributed by atoms with Gasteiger partial charge < -0.3 is 4.90 Å². The lowest BCUT2D eigenvalue weighted by Gasteiger charge is -2.50. The molecule has 0 aliphatic heterocycles. The average Bonchev–Trinajstić information content (AvgIpc) is 3.53. The van der Waals surface area contributed by atoms with Crippen molar-refractivity contribution < 1.29 is 9.18 Å². The Morgan fingerprint density at radius 2 is 2.14 bits per heavy atom. The largest absolute Gasteiger partial charge is 0.315 e. The Bertz CT molecular complexity index is 1320. The number of anilines is 1. The maximum atomic E-state index is 13.9. The van der Waals surface area contributed by atoms with Crippen molar-refractivity contribution in [3.63, 3.8) is 0 Å². The van der Waals surface area contributed by atoms with Crippen molar-refractivity contribution in [2.24, 2.45) is 17.3 Å². The molecule has 7 nitrogen and oxygen atoms in total. The standard InChI is InChI=1S/C28H31FN6O/c1-28-12-11-22-21-6-4-20(35(2)27(36)10-9-26-31-33-34-32-26)14-17(21)3-5-23(22)25(28)8-7-24(28)18-13-19(29)16-30-15-18/h4,6-7,13-16,22-23,25H,3,5,8-12H2,1-2H3,(H,31,32,33,34)/t22?,23-,25+,28-/m1/s1. The van der Waals surface area contributed by atoms with Gasteiger partial charge in [-0.3, -0.25) is 9.78 Å². The summed E-state index contributed by atoms with van der Waals surface area (Å²) in [7, 11) is 1.84. The van der Waals surface area contributed by atoms with Crippen LogP contribution in [0, 0.1) is 23.1 Å². The molecule has 1 amide bonds. The predicted molar refractivity (Wildman–Crippen MR) is 135 cm³/mol. The molecule has 8 heteroatoms. The quantitative estimate of drug-likeness (QED) is 0.555. The molecular formula is C28H31FN6O. The normalized spacial score (nSPS) is 26.5. The van der Waals surface area contributed by atoms with Crippen LogP contribution in [0.4, 0.5) is 10.1 Å². The molecule has 1 aromatic carbocycles. The van der Waals surface area contributed by atoms with Crippen LogP contribution in [0.15, 0.2) is 42.7 Å². The van der Waals surface area contributed by atoms with Crippen molar-refractivity contribution in [1.29, 1.82) is 0 Å². The van der Waals surface area contributed by atoms with Crippen molar-refractivity contribution >= 4 is 17.2 Å². The summed E-state index contributed by atoms with van der Waals surface area (Å²) in [5, 5.41) is 13.8. The van der Waals surface area contributed by atoms with Crippen LogP contribution in [-0.4, -0.2) is 38.6 Å². The van der Waals surface area contributed by atoms with E-state index in [9.17, 15) is 9.18 Å². The summed E-state index contributed by atoms with van der Waals surface area (Å²) >= 11 is 0. The van der Waals surface area contributed by atoms with Crippen LogP contribution in [0.3, 0.4) is 0 Å². The van der Waals surface area contributed by atoms with E-state index < -0.39 is 0 Å². The van der Waals surface area contributed by atoms with Gasteiger partial charge in [0.15, 0.2) is 5.82 Å². The van der Waals surface area contributed by atoms with Gasteiger partial charge in [-0.1, -0.05) is 24.3 Å². The molecule has 3 aromatic rings. The molecule has 36 heavy (non-hydrogen) atoms. The lowest BCUT2D eigenvalue weighted by Crippen LogP contribution is -2.41. The summed E-state index contributed by atoms with van der Waals surface area (Å²) in [6.07, 6.45) is 11.7. The van der Waals surface area contributed by atoms with Crippen molar-refractivity contribution in [3.8, 4) is 0 Å². The number of nitrogens with one attached hydrogen (secondary N) is 1. The monoisotopic (exact) mass is 486 g/mol. The number of carbonyl (C=O) groups is 1. The molecular weight excluding hydrogens is 455 g/mol. The third-order valence-electron chi connectivity index (χ3n) is 9.02. The number of tetrazole rings is 1. The Balaban J connectivity index is 1.19. The van der Waals surface area contributed by atoms with E-state index in [0.29, 0.717) is 36.4 Å². The fraction of sp³-hybridized carbons (Fsp3) is 0.464. The van der Waals surface area contributed by atoms with Crippen molar-refractivity contribution in [2.45, 2.75) is 57.8 Å². The highest BCUT2D eigenvalue weighted by Crippen LogP contribution is 2.63. The lowest BCUT2D eigenvalue weighted by molar-refractivity contribution is -0.118. The first-order valence-electron chi connectivity index (χ1n) is 12.9. The van der Waals surface area contributed by atoms with Gasteiger partial charge in [-0.05, 0) is 95.7 Å². The summed E-state index contributed by atoms with van der Waals surface area (Å²) < 4.78 is 13.9. The Morgan fingerprint density at radius 1 is 1.25 bits per heavy atom. The minimum atomic E-state index is -0.269. The zero-order valence-electron chi connectivity index (χ0n) is 20.7. The van der Waals surface area contributed by atoms with Gasteiger partial charge >= 0.3 is 0 Å². The number of hydrogen-bond acceptors (Lipinski definition) is 5. The number of rotatable bonds is 5. The molecule has 0 bridgehead atoms. The summed E-state index contributed by atoms with van der Waals surface area (Å²) in [5.41, 5.74) is 6.04. The van der Waals surface area contributed by atoms with E-state index in [-0.39, 0.29) is 17.1 Å². The molecule has 4 atom stereocenters. The molecule has 2 heterocycles. The summed E-state index contributed by atoms with van der Waals surface area (Å²) in [6.45, 7) is 2.38. The Hall–Kier alpha value is -3.42. The second kappa shape index (κ2) is 8.91. The Kier molecular flexibility index (Phi) is 5.69. The number of allylic oxidation sites excluding steroid dienone is 2. The second-order valence-electron chi connectivity index (χ2n) is 10.8. The number of hydrogen-bond donors (Lipinski definition) is 1. The first kappa shape index (κ1) is 23.0. The number of nitrogens with zero attached hydrogens (tertiary/aromatic N) is 5. The van der Waals surface area contributed by atoms with E-state index in [1.165, 1.54) is 22.9 Å². The SMILES string of the molecule is CN(C(=O)CCc1nn[nH]n1)c1ccc2c(c1)CC[C@@H]1C2CC[C@]2(C)C(c3cncc(F)c3)=CC[C@@H]12. The van der Waals surface area contributed by atoms with Gasteiger partial charge in [-0.25, -0.2) is 4.39 Å². The number of aromatic nitrogens is 5. The zero-order chi connectivity index (χ0) is 24.9. The first-order chi connectivity index (χ1) is 17.4. The number of fused-ring (bicyclic) bond motifs is 5. The van der Waals surface area contributed by atoms with Gasteiger partial charge in [0.05, 0.1) is 6.20 Å². The molecule has 0 radical (unpaired) electrons. The highest BCUT2D eigenvalue weighted by Gasteiger charge is 2.52. The highest BCUT2D eigenvalue weighted by atomic mass is 19.1. The van der Waals surface area contributed by atoms with E-state index in [0.717, 1.165) is 43.4 Å². The highest BCUT2D eigenvalue weighted by molar-refractivity contribution is 5.93. The number of benzene rings is 1. The number of aryl methyl sites for hydroxylation is 2. The van der Waals surface area contributed by atoms with Crippen molar-refractivity contribution in [1.82, 2.24) is 25.6 Å².